The normalized spacial score (nSPS) is 10.8. The van der Waals surface area contributed by atoms with Crippen LogP contribution in [0.2, 0.25) is 0 Å². The van der Waals surface area contributed by atoms with Crippen LogP contribution in [0.15, 0.2) is 23.1 Å². The molecule has 4 nitrogen and oxygen atoms in total. The monoisotopic (exact) mass is 249 g/mol. The van der Waals surface area contributed by atoms with Crippen molar-refractivity contribution in [2.75, 3.05) is 0 Å². The minimum absolute atomic E-state index is 0.232. The summed E-state index contributed by atoms with van der Waals surface area (Å²) in [5, 5.41) is 9.21. The number of carboxylic acid groups (broad SMARTS) is 1. The van der Waals surface area contributed by atoms with Crippen molar-refractivity contribution < 1.29 is 14.3 Å². The van der Waals surface area contributed by atoms with Gasteiger partial charge in [-0.25, -0.2) is 9.18 Å². The Balaban J connectivity index is 3.03. The van der Waals surface area contributed by atoms with E-state index in [0.717, 1.165) is 0 Å². The molecule has 0 unspecified atom stereocenters. The zero-order valence-corrected chi connectivity index (χ0v) is 10.0. The molecule has 0 radical (unpaired) electrons. The van der Waals surface area contributed by atoms with Gasteiger partial charge in [-0.2, -0.15) is 0 Å². The van der Waals surface area contributed by atoms with Crippen LogP contribution < -0.4 is 5.43 Å². The van der Waals surface area contributed by atoms with E-state index >= 15 is 0 Å². The Bertz CT molecular complexity index is 703. The first-order chi connectivity index (χ1) is 8.47. The SMILES string of the molecule is CCn1cc(C(=O)O)c(=O)c2ccc(F)c(C)c21. The molecular formula is C13H12FNO3. The summed E-state index contributed by atoms with van der Waals surface area (Å²) >= 11 is 0. The van der Waals surface area contributed by atoms with Crippen molar-refractivity contribution in [3.05, 3.63) is 45.5 Å². The molecule has 1 aromatic heterocycles. The van der Waals surface area contributed by atoms with Crippen LogP contribution in [0.1, 0.15) is 22.8 Å². The van der Waals surface area contributed by atoms with Crippen LogP contribution in [-0.2, 0) is 6.54 Å². The number of halogens is 1. The molecule has 94 valence electrons. The number of aromatic carboxylic acids is 1. The minimum Gasteiger partial charge on any atom is -0.477 e. The second kappa shape index (κ2) is 4.25. The fourth-order valence-electron chi connectivity index (χ4n) is 2.05. The second-order valence-corrected chi connectivity index (χ2v) is 4.03. The summed E-state index contributed by atoms with van der Waals surface area (Å²) in [6, 6.07) is 2.52. The lowest BCUT2D eigenvalue weighted by Gasteiger charge is -2.12. The number of nitrogens with zero attached hydrogens (tertiary/aromatic N) is 1. The van der Waals surface area contributed by atoms with E-state index in [2.05, 4.69) is 0 Å². The van der Waals surface area contributed by atoms with E-state index in [1.807, 2.05) is 0 Å². The van der Waals surface area contributed by atoms with Crippen LogP contribution in [0.25, 0.3) is 10.9 Å². The molecule has 0 bridgehead atoms. The van der Waals surface area contributed by atoms with Crippen molar-refractivity contribution in [3.8, 4) is 0 Å². The highest BCUT2D eigenvalue weighted by atomic mass is 19.1. The maximum atomic E-state index is 13.5. The summed E-state index contributed by atoms with van der Waals surface area (Å²) in [5.41, 5.74) is -0.0726. The van der Waals surface area contributed by atoms with Gasteiger partial charge in [-0.05, 0) is 26.0 Å². The number of fused-ring (bicyclic) bond motifs is 1. The highest BCUT2D eigenvalue weighted by Crippen LogP contribution is 2.19. The van der Waals surface area contributed by atoms with Crippen LogP contribution in [0.5, 0.6) is 0 Å². The molecule has 18 heavy (non-hydrogen) atoms. The Hall–Kier alpha value is -2.17. The molecular weight excluding hydrogens is 237 g/mol. The standard InChI is InChI=1S/C13H12FNO3/c1-3-15-6-9(13(17)18)12(16)8-4-5-10(14)7(2)11(8)15/h4-6H,3H2,1-2H3,(H,17,18). The minimum atomic E-state index is -1.27. The van der Waals surface area contributed by atoms with Crippen LogP contribution in [0.3, 0.4) is 0 Å². The van der Waals surface area contributed by atoms with Crippen molar-refractivity contribution in [2.24, 2.45) is 0 Å². The summed E-state index contributed by atoms with van der Waals surface area (Å²) in [5.74, 6) is -1.68. The van der Waals surface area contributed by atoms with Crippen LogP contribution in [0.4, 0.5) is 4.39 Å². The van der Waals surface area contributed by atoms with Gasteiger partial charge < -0.3 is 9.67 Å². The Kier molecular flexibility index (Phi) is 2.90. The fourth-order valence-corrected chi connectivity index (χ4v) is 2.05. The van der Waals surface area contributed by atoms with E-state index in [-0.39, 0.29) is 10.9 Å². The number of benzene rings is 1. The molecule has 0 aliphatic rings. The van der Waals surface area contributed by atoms with Gasteiger partial charge >= 0.3 is 5.97 Å². The summed E-state index contributed by atoms with van der Waals surface area (Å²) < 4.78 is 15.1. The van der Waals surface area contributed by atoms with Crippen LogP contribution in [0, 0.1) is 12.7 Å². The van der Waals surface area contributed by atoms with Crippen molar-refractivity contribution in [2.45, 2.75) is 20.4 Å². The maximum absolute atomic E-state index is 13.5. The third-order valence-corrected chi connectivity index (χ3v) is 3.00. The van der Waals surface area contributed by atoms with E-state index in [0.29, 0.717) is 17.6 Å². The lowest BCUT2D eigenvalue weighted by molar-refractivity contribution is 0.0695. The van der Waals surface area contributed by atoms with Crippen molar-refractivity contribution in [1.29, 1.82) is 0 Å². The Morgan fingerprint density at radius 3 is 2.67 bits per heavy atom. The molecule has 2 aromatic rings. The van der Waals surface area contributed by atoms with Gasteiger partial charge in [0.1, 0.15) is 11.4 Å². The summed E-state index contributed by atoms with van der Waals surface area (Å²) in [6.45, 7) is 3.84. The summed E-state index contributed by atoms with van der Waals surface area (Å²) in [6.07, 6.45) is 1.26. The third kappa shape index (κ3) is 1.68. The van der Waals surface area contributed by atoms with Crippen molar-refractivity contribution >= 4 is 16.9 Å². The fraction of sp³-hybridized carbons (Fsp3) is 0.231. The summed E-state index contributed by atoms with van der Waals surface area (Å²) in [4.78, 5) is 23.0. The average Bonchev–Trinajstić information content (AvgIpc) is 2.34. The van der Waals surface area contributed by atoms with Gasteiger partial charge in [-0.15, -0.1) is 0 Å². The predicted molar refractivity (Wildman–Crippen MR) is 65.5 cm³/mol. The molecule has 0 spiro atoms. The first-order valence-corrected chi connectivity index (χ1v) is 5.53. The van der Waals surface area contributed by atoms with Gasteiger partial charge in [0.05, 0.1) is 5.52 Å². The number of hydrogen-bond donors (Lipinski definition) is 1. The Labute approximate surface area is 102 Å². The molecule has 0 saturated heterocycles. The number of rotatable bonds is 2. The molecule has 1 N–H and O–H groups in total. The van der Waals surface area contributed by atoms with E-state index in [1.165, 1.54) is 18.3 Å². The molecule has 1 heterocycles. The number of aryl methyl sites for hydroxylation is 2. The highest BCUT2D eigenvalue weighted by Gasteiger charge is 2.16. The van der Waals surface area contributed by atoms with E-state index in [1.54, 1.807) is 18.4 Å². The maximum Gasteiger partial charge on any atom is 0.341 e. The van der Waals surface area contributed by atoms with Gasteiger partial charge in [0.2, 0.25) is 5.43 Å². The topological polar surface area (TPSA) is 59.3 Å². The number of aromatic nitrogens is 1. The quantitative estimate of drug-likeness (QED) is 0.887. The van der Waals surface area contributed by atoms with E-state index in [9.17, 15) is 14.0 Å². The summed E-state index contributed by atoms with van der Waals surface area (Å²) in [7, 11) is 0. The van der Waals surface area contributed by atoms with Crippen molar-refractivity contribution in [3.63, 3.8) is 0 Å². The average molecular weight is 249 g/mol. The molecule has 1 aromatic carbocycles. The van der Waals surface area contributed by atoms with Crippen LogP contribution >= 0.6 is 0 Å². The zero-order chi connectivity index (χ0) is 13.4. The third-order valence-electron chi connectivity index (χ3n) is 3.00. The number of hydrogen-bond acceptors (Lipinski definition) is 2. The predicted octanol–water partition coefficient (Wildman–Crippen LogP) is 2.17. The molecule has 0 fully saturated rings. The smallest absolute Gasteiger partial charge is 0.341 e. The molecule has 0 aliphatic heterocycles. The van der Waals surface area contributed by atoms with Crippen LogP contribution in [-0.4, -0.2) is 15.6 Å². The second-order valence-electron chi connectivity index (χ2n) is 4.03. The Morgan fingerprint density at radius 2 is 2.11 bits per heavy atom. The van der Waals surface area contributed by atoms with Gasteiger partial charge in [0.25, 0.3) is 0 Å². The number of carbonyl (C=O) groups is 1. The molecule has 0 saturated carbocycles. The van der Waals surface area contributed by atoms with E-state index in [4.69, 9.17) is 5.11 Å². The van der Waals surface area contributed by atoms with Crippen molar-refractivity contribution in [1.82, 2.24) is 4.57 Å². The first kappa shape index (κ1) is 12.3. The largest absolute Gasteiger partial charge is 0.477 e. The number of pyridine rings is 1. The van der Waals surface area contributed by atoms with E-state index < -0.39 is 17.2 Å². The van der Waals surface area contributed by atoms with Gasteiger partial charge in [-0.3, -0.25) is 4.79 Å². The lowest BCUT2D eigenvalue weighted by atomic mass is 10.1. The molecule has 5 heteroatoms. The van der Waals surface area contributed by atoms with Gasteiger partial charge in [0.15, 0.2) is 0 Å². The number of carboxylic acids is 1. The molecule has 0 amide bonds. The van der Waals surface area contributed by atoms with Gasteiger partial charge in [0, 0.05) is 23.7 Å². The molecule has 0 aliphatic carbocycles. The Morgan fingerprint density at radius 1 is 1.44 bits per heavy atom. The molecule has 0 atom stereocenters. The van der Waals surface area contributed by atoms with Gasteiger partial charge in [-0.1, -0.05) is 0 Å². The molecule has 2 rings (SSSR count). The lowest BCUT2D eigenvalue weighted by Crippen LogP contribution is -2.19. The zero-order valence-electron chi connectivity index (χ0n) is 10.0. The highest BCUT2D eigenvalue weighted by molar-refractivity contribution is 5.93. The first-order valence-electron chi connectivity index (χ1n) is 5.53.